The normalized spacial score (nSPS) is 23.7. The fourth-order valence-electron chi connectivity index (χ4n) is 2.73. The van der Waals surface area contributed by atoms with E-state index >= 15 is 0 Å². The lowest BCUT2D eigenvalue weighted by Crippen LogP contribution is -2.31. The minimum Gasteiger partial charge on any atom is -0.396 e. The van der Waals surface area contributed by atoms with E-state index in [9.17, 15) is 23.4 Å². The van der Waals surface area contributed by atoms with E-state index in [0.717, 1.165) is 6.07 Å². The van der Waals surface area contributed by atoms with Crippen molar-refractivity contribution in [2.75, 3.05) is 19.8 Å². The van der Waals surface area contributed by atoms with Crippen LogP contribution in [0.15, 0.2) is 18.2 Å². The van der Waals surface area contributed by atoms with Crippen molar-refractivity contribution in [1.29, 1.82) is 0 Å². The largest absolute Gasteiger partial charge is 0.417 e. The van der Waals surface area contributed by atoms with Gasteiger partial charge in [-0.05, 0) is 30.0 Å². The number of hydrogen-bond acceptors (Lipinski definition) is 3. The molecule has 2 rings (SSSR count). The minimum absolute atomic E-state index is 0.0153. The quantitative estimate of drug-likeness (QED) is 0.895. The molecule has 1 aliphatic rings. The van der Waals surface area contributed by atoms with E-state index in [1.54, 1.807) is 6.07 Å². The number of nitrogens with zero attached hydrogens (tertiary/aromatic N) is 1. The van der Waals surface area contributed by atoms with Gasteiger partial charge in [-0.1, -0.05) is 17.7 Å². The van der Waals surface area contributed by atoms with Crippen molar-refractivity contribution >= 4 is 11.6 Å². The van der Waals surface area contributed by atoms with Crippen LogP contribution in [0.4, 0.5) is 13.2 Å². The summed E-state index contributed by atoms with van der Waals surface area (Å²) in [5.74, 6) is 0.0523. The number of likely N-dealkylation sites (tertiary alicyclic amines) is 1. The summed E-state index contributed by atoms with van der Waals surface area (Å²) >= 11 is 5.59. The molecule has 1 aromatic carbocycles. The lowest BCUT2D eigenvalue weighted by molar-refractivity contribution is -0.137. The molecule has 1 heterocycles. The lowest BCUT2D eigenvalue weighted by atomic mass is 10.1. The average molecular weight is 324 g/mol. The van der Waals surface area contributed by atoms with E-state index in [1.807, 2.05) is 4.90 Å². The summed E-state index contributed by atoms with van der Waals surface area (Å²) in [5, 5.41) is 18.2. The van der Waals surface area contributed by atoms with Gasteiger partial charge in [0.15, 0.2) is 0 Å². The van der Waals surface area contributed by atoms with Gasteiger partial charge in [-0.3, -0.25) is 4.90 Å². The predicted octanol–water partition coefficient (Wildman–Crippen LogP) is 2.53. The van der Waals surface area contributed by atoms with Crippen LogP contribution in [0, 0.1) is 5.92 Å². The van der Waals surface area contributed by atoms with Crippen LogP contribution in [0.3, 0.4) is 0 Å². The fourth-order valence-corrected chi connectivity index (χ4v) is 2.95. The van der Waals surface area contributed by atoms with Crippen LogP contribution in [0.25, 0.3) is 0 Å². The number of halogens is 4. The molecule has 0 saturated carbocycles. The summed E-state index contributed by atoms with van der Waals surface area (Å²) in [6, 6.07) is 3.71. The number of benzene rings is 1. The van der Waals surface area contributed by atoms with E-state index < -0.39 is 11.7 Å². The summed E-state index contributed by atoms with van der Waals surface area (Å²) in [6.45, 7) is 0.797. The third-order valence-corrected chi connectivity index (χ3v) is 4.13. The molecule has 7 heteroatoms. The standard InChI is InChI=1S/C14H17ClF3NO2/c15-13-2-1-9(4-12(13)14(16,17)18)5-19-6-10(7-20)3-11(19)8-21/h1-2,4,10-11,20-21H,3,5-8H2. The van der Waals surface area contributed by atoms with Gasteiger partial charge in [0.2, 0.25) is 0 Å². The summed E-state index contributed by atoms with van der Waals surface area (Å²) in [7, 11) is 0. The van der Waals surface area contributed by atoms with E-state index in [1.165, 1.54) is 6.07 Å². The molecule has 1 saturated heterocycles. The predicted molar refractivity (Wildman–Crippen MR) is 72.9 cm³/mol. The molecule has 0 spiro atoms. The number of rotatable bonds is 4. The smallest absolute Gasteiger partial charge is 0.396 e. The SMILES string of the molecule is OCC1CC(CO)N(Cc2ccc(Cl)c(C(F)(F)F)c2)C1. The molecular formula is C14H17ClF3NO2. The van der Waals surface area contributed by atoms with Gasteiger partial charge in [0.25, 0.3) is 0 Å². The van der Waals surface area contributed by atoms with Gasteiger partial charge in [0, 0.05) is 25.7 Å². The van der Waals surface area contributed by atoms with Crippen molar-refractivity contribution < 1.29 is 23.4 Å². The first-order chi connectivity index (χ1) is 9.85. The lowest BCUT2D eigenvalue weighted by Gasteiger charge is -2.23. The molecule has 1 fully saturated rings. The third-order valence-electron chi connectivity index (χ3n) is 3.81. The van der Waals surface area contributed by atoms with Gasteiger partial charge in [0.1, 0.15) is 0 Å². The van der Waals surface area contributed by atoms with E-state index in [4.69, 9.17) is 11.6 Å². The molecule has 0 aliphatic carbocycles. The number of hydrogen-bond donors (Lipinski definition) is 2. The van der Waals surface area contributed by atoms with Crippen molar-refractivity contribution in [3.8, 4) is 0 Å². The summed E-state index contributed by atoms with van der Waals surface area (Å²) in [4.78, 5) is 1.89. The van der Waals surface area contributed by atoms with Crippen molar-refractivity contribution in [3.63, 3.8) is 0 Å². The van der Waals surface area contributed by atoms with E-state index in [0.29, 0.717) is 25.1 Å². The molecule has 0 bridgehead atoms. The molecule has 2 unspecified atom stereocenters. The van der Waals surface area contributed by atoms with Crippen LogP contribution < -0.4 is 0 Å². The molecule has 21 heavy (non-hydrogen) atoms. The Balaban J connectivity index is 2.16. The second kappa shape index (κ2) is 6.52. The zero-order chi connectivity index (χ0) is 15.6. The molecule has 118 valence electrons. The molecule has 0 aromatic heterocycles. The Morgan fingerprint density at radius 3 is 2.52 bits per heavy atom. The molecule has 1 aliphatic heterocycles. The zero-order valence-corrected chi connectivity index (χ0v) is 12.0. The molecule has 3 nitrogen and oxygen atoms in total. The van der Waals surface area contributed by atoms with Gasteiger partial charge < -0.3 is 10.2 Å². The van der Waals surface area contributed by atoms with E-state index in [-0.39, 0.29) is 30.2 Å². The Morgan fingerprint density at radius 1 is 1.24 bits per heavy atom. The molecule has 2 atom stereocenters. The van der Waals surface area contributed by atoms with Crippen LogP contribution in [-0.4, -0.2) is 40.9 Å². The van der Waals surface area contributed by atoms with Crippen molar-refractivity contribution in [2.45, 2.75) is 25.2 Å². The number of aliphatic hydroxyl groups excluding tert-OH is 2. The Bertz CT molecular complexity index is 496. The summed E-state index contributed by atoms with van der Waals surface area (Å²) < 4.78 is 38.5. The van der Waals surface area contributed by atoms with Crippen LogP contribution in [0.1, 0.15) is 17.5 Å². The molecule has 2 N–H and O–H groups in total. The van der Waals surface area contributed by atoms with Gasteiger partial charge in [-0.25, -0.2) is 0 Å². The Kier molecular flexibility index (Phi) is 5.14. The fraction of sp³-hybridized carbons (Fsp3) is 0.571. The maximum absolute atomic E-state index is 12.8. The maximum atomic E-state index is 12.8. The maximum Gasteiger partial charge on any atom is 0.417 e. The molecule has 0 amide bonds. The van der Waals surface area contributed by atoms with Gasteiger partial charge in [-0.15, -0.1) is 0 Å². The van der Waals surface area contributed by atoms with Crippen LogP contribution >= 0.6 is 11.6 Å². The third kappa shape index (κ3) is 3.88. The van der Waals surface area contributed by atoms with Crippen LogP contribution in [0.5, 0.6) is 0 Å². The first kappa shape index (κ1) is 16.5. The minimum atomic E-state index is -4.48. The highest BCUT2D eigenvalue weighted by atomic mass is 35.5. The first-order valence-electron chi connectivity index (χ1n) is 6.66. The Labute approximate surface area is 125 Å². The highest BCUT2D eigenvalue weighted by Gasteiger charge is 2.34. The second-order valence-corrected chi connectivity index (χ2v) is 5.77. The van der Waals surface area contributed by atoms with Crippen molar-refractivity contribution in [2.24, 2.45) is 5.92 Å². The van der Waals surface area contributed by atoms with E-state index in [2.05, 4.69) is 0 Å². The monoisotopic (exact) mass is 323 g/mol. The highest BCUT2D eigenvalue weighted by molar-refractivity contribution is 6.31. The first-order valence-corrected chi connectivity index (χ1v) is 7.04. The van der Waals surface area contributed by atoms with Crippen LogP contribution in [0.2, 0.25) is 5.02 Å². The van der Waals surface area contributed by atoms with Gasteiger partial charge in [0.05, 0.1) is 17.2 Å². The topological polar surface area (TPSA) is 43.7 Å². The number of aliphatic hydroxyl groups is 2. The summed E-state index contributed by atoms with van der Waals surface area (Å²) in [6.07, 6.45) is -3.84. The Hall–Kier alpha value is -0.820. The zero-order valence-electron chi connectivity index (χ0n) is 11.3. The summed E-state index contributed by atoms with van der Waals surface area (Å²) in [5.41, 5.74) is -0.358. The number of alkyl halides is 3. The van der Waals surface area contributed by atoms with Crippen molar-refractivity contribution in [1.82, 2.24) is 4.90 Å². The molecular weight excluding hydrogens is 307 g/mol. The van der Waals surface area contributed by atoms with Gasteiger partial charge >= 0.3 is 6.18 Å². The van der Waals surface area contributed by atoms with Crippen LogP contribution in [-0.2, 0) is 12.7 Å². The molecule has 1 aromatic rings. The highest BCUT2D eigenvalue weighted by Crippen LogP contribution is 2.35. The van der Waals surface area contributed by atoms with Crippen molar-refractivity contribution in [3.05, 3.63) is 34.3 Å². The van der Waals surface area contributed by atoms with Gasteiger partial charge in [-0.2, -0.15) is 13.2 Å². The average Bonchev–Trinajstić information content (AvgIpc) is 2.82. The Morgan fingerprint density at radius 2 is 1.95 bits per heavy atom. The second-order valence-electron chi connectivity index (χ2n) is 5.36. The molecule has 0 radical (unpaired) electrons.